The number of aromatic nitrogens is 1. The van der Waals surface area contributed by atoms with Gasteiger partial charge < -0.3 is 9.30 Å². The molecule has 1 fully saturated rings. The van der Waals surface area contributed by atoms with Crippen molar-refractivity contribution in [3.63, 3.8) is 0 Å². The summed E-state index contributed by atoms with van der Waals surface area (Å²) in [5.41, 5.74) is 2.52. The normalized spacial score (nSPS) is 15.6. The minimum absolute atomic E-state index is 0.0507. The zero-order valence-electron chi connectivity index (χ0n) is 19.7. The second kappa shape index (κ2) is 10.8. The zero-order valence-corrected chi connectivity index (χ0v) is 21.3. The van der Waals surface area contributed by atoms with Crippen LogP contribution in [-0.4, -0.2) is 48.5 Å². The molecule has 11 heteroatoms. The van der Waals surface area contributed by atoms with E-state index in [4.69, 9.17) is 9.73 Å². The zero-order chi connectivity index (χ0) is 25.0. The second-order valence-corrected chi connectivity index (χ2v) is 11.4. The van der Waals surface area contributed by atoms with Crippen LogP contribution in [0.1, 0.15) is 20.3 Å². The Morgan fingerprint density at radius 3 is 2.34 bits per heavy atom. The summed E-state index contributed by atoms with van der Waals surface area (Å²) >= 11 is 1.48. The van der Waals surface area contributed by atoms with Crippen molar-refractivity contribution < 1.29 is 18.1 Å². The van der Waals surface area contributed by atoms with E-state index in [0.29, 0.717) is 37.9 Å². The molecular formula is C24H28N4O5S2. The lowest BCUT2D eigenvalue weighted by Crippen LogP contribution is -2.40. The number of nitro groups is 1. The molecule has 186 valence electrons. The van der Waals surface area contributed by atoms with E-state index in [1.54, 1.807) is 36.4 Å². The van der Waals surface area contributed by atoms with E-state index in [9.17, 15) is 18.5 Å². The highest BCUT2D eigenvalue weighted by Gasteiger charge is 2.26. The summed E-state index contributed by atoms with van der Waals surface area (Å²) in [5, 5.41) is 13.0. The maximum absolute atomic E-state index is 12.9. The van der Waals surface area contributed by atoms with E-state index in [0.717, 1.165) is 29.0 Å². The van der Waals surface area contributed by atoms with Crippen LogP contribution in [0, 0.1) is 16.0 Å². The van der Waals surface area contributed by atoms with Crippen molar-refractivity contribution in [1.82, 2.24) is 8.87 Å². The Hall–Kier alpha value is -2.86. The summed E-state index contributed by atoms with van der Waals surface area (Å²) in [7, 11) is -3.56. The highest BCUT2D eigenvalue weighted by molar-refractivity contribution is 7.89. The Balaban J connectivity index is 1.66. The molecule has 0 bridgehead atoms. The summed E-state index contributed by atoms with van der Waals surface area (Å²) in [6, 6.07) is 13.1. The molecule has 9 nitrogen and oxygen atoms in total. The minimum atomic E-state index is -3.56. The Labute approximate surface area is 208 Å². The fourth-order valence-electron chi connectivity index (χ4n) is 3.75. The lowest BCUT2D eigenvalue weighted by Gasteiger charge is -2.26. The van der Waals surface area contributed by atoms with Crippen LogP contribution in [0.3, 0.4) is 0 Å². The Morgan fingerprint density at radius 2 is 1.74 bits per heavy atom. The Morgan fingerprint density at radius 1 is 1.09 bits per heavy atom. The summed E-state index contributed by atoms with van der Waals surface area (Å²) < 4.78 is 34.6. The minimum Gasteiger partial charge on any atom is -0.379 e. The molecule has 0 unspecified atom stereocenters. The molecule has 0 radical (unpaired) electrons. The van der Waals surface area contributed by atoms with Gasteiger partial charge in [-0.3, -0.25) is 10.1 Å². The molecule has 3 aromatic rings. The summed E-state index contributed by atoms with van der Waals surface area (Å²) in [6.45, 7) is 6.56. The molecule has 0 aliphatic carbocycles. The molecule has 1 aliphatic rings. The third-order valence-corrected chi connectivity index (χ3v) is 8.55. The van der Waals surface area contributed by atoms with Crippen molar-refractivity contribution in [3.05, 3.63) is 68.8 Å². The quantitative estimate of drug-likeness (QED) is 0.325. The molecule has 35 heavy (non-hydrogen) atoms. The molecule has 4 rings (SSSR count). The van der Waals surface area contributed by atoms with Gasteiger partial charge in [0.25, 0.3) is 5.69 Å². The third kappa shape index (κ3) is 5.87. The van der Waals surface area contributed by atoms with Crippen LogP contribution in [0.5, 0.6) is 0 Å². The lowest BCUT2D eigenvalue weighted by molar-refractivity contribution is -0.384. The van der Waals surface area contributed by atoms with Crippen LogP contribution in [0.4, 0.5) is 11.4 Å². The molecule has 2 aromatic carbocycles. The van der Waals surface area contributed by atoms with Crippen molar-refractivity contribution >= 4 is 32.7 Å². The third-order valence-electron chi connectivity index (χ3n) is 5.77. The van der Waals surface area contributed by atoms with E-state index in [1.807, 2.05) is 5.38 Å². The number of morpholine rings is 1. The number of nitrogens with zero attached hydrogens (tertiary/aromatic N) is 4. The molecule has 0 saturated carbocycles. The molecule has 1 aliphatic heterocycles. The number of sulfonamides is 1. The van der Waals surface area contributed by atoms with Crippen LogP contribution in [-0.2, 0) is 21.3 Å². The number of thiazole rings is 1. The summed E-state index contributed by atoms with van der Waals surface area (Å²) in [5.74, 6) is 0.490. The highest BCUT2D eigenvalue weighted by Crippen LogP contribution is 2.25. The first kappa shape index (κ1) is 25.2. The van der Waals surface area contributed by atoms with Crippen LogP contribution >= 0.6 is 11.3 Å². The number of hydrogen-bond donors (Lipinski definition) is 0. The SMILES string of the molecule is CC(C)CCn1c(-c2ccc([N+](=O)[O-])cc2)csc1=Nc1ccc(S(=O)(=O)N2CCOCC2)cc1. The monoisotopic (exact) mass is 516 g/mol. The van der Waals surface area contributed by atoms with Crippen molar-refractivity contribution in [1.29, 1.82) is 0 Å². The van der Waals surface area contributed by atoms with Crippen LogP contribution in [0.25, 0.3) is 11.3 Å². The molecule has 0 spiro atoms. The van der Waals surface area contributed by atoms with Gasteiger partial charge in [0.2, 0.25) is 10.0 Å². The average Bonchev–Trinajstić information content (AvgIpc) is 3.26. The predicted octanol–water partition coefficient (Wildman–Crippen LogP) is 4.42. The standard InChI is InChI=1S/C24H28N4O5S2/c1-18(2)11-12-27-23(19-3-7-21(8-4-19)28(29)30)17-34-24(27)25-20-5-9-22(10-6-20)35(31,32)26-13-15-33-16-14-26/h3-10,17-18H,11-16H2,1-2H3. The second-order valence-electron chi connectivity index (χ2n) is 8.66. The average molecular weight is 517 g/mol. The molecule has 0 amide bonds. The predicted molar refractivity (Wildman–Crippen MR) is 135 cm³/mol. The first-order chi connectivity index (χ1) is 16.8. The number of benzene rings is 2. The number of rotatable bonds is 8. The Kier molecular flexibility index (Phi) is 7.80. The maximum atomic E-state index is 12.9. The smallest absolute Gasteiger partial charge is 0.269 e. The van der Waals surface area contributed by atoms with E-state index >= 15 is 0 Å². The van der Waals surface area contributed by atoms with Gasteiger partial charge >= 0.3 is 0 Å². The van der Waals surface area contributed by atoms with Gasteiger partial charge in [-0.05, 0) is 54.3 Å². The maximum Gasteiger partial charge on any atom is 0.269 e. The fourth-order valence-corrected chi connectivity index (χ4v) is 6.11. The molecular weight excluding hydrogens is 488 g/mol. The van der Waals surface area contributed by atoms with Gasteiger partial charge in [-0.25, -0.2) is 13.4 Å². The molecule has 0 atom stereocenters. The van der Waals surface area contributed by atoms with Crippen molar-refractivity contribution in [3.8, 4) is 11.3 Å². The molecule has 1 aromatic heterocycles. The van der Waals surface area contributed by atoms with E-state index < -0.39 is 14.9 Å². The lowest BCUT2D eigenvalue weighted by atomic mass is 10.1. The number of nitro benzene ring substituents is 1. The van der Waals surface area contributed by atoms with Gasteiger partial charge in [-0.1, -0.05) is 13.8 Å². The van der Waals surface area contributed by atoms with Gasteiger partial charge in [0, 0.05) is 37.1 Å². The van der Waals surface area contributed by atoms with Gasteiger partial charge in [0.1, 0.15) is 0 Å². The molecule has 1 saturated heterocycles. The summed E-state index contributed by atoms with van der Waals surface area (Å²) in [4.78, 5) is 16.4. The largest absolute Gasteiger partial charge is 0.379 e. The van der Waals surface area contributed by atoms with Crippen LogP contribution in [0.15, 0.2) is 63.8 Å². The number of ether oxygens (including phenoxy) is 1. The van der Waals surface area contributed by atoms with Crippen molar-refractivity contribution in [2.24, 2.45) is 10.9 Å². The fraction of sp³-hybridized carbons (Fsp3) is 0.375. The van der Waals surface area contributed by atoms with Gasteiger partial charge in [0.15, 0.2) is 4.80 Å². The first-order valence-electron chi connectivity index (χ1n) is 11.4. The highest BCUT2D eigenvalue weighted by atomic mass is 32.2. The van der Waals surface area contributed by atoms with Crippen LogP contribution < -0.4 is 4.80 Å². The van der Waals surface area contributed by atoms with Crippen LogP contribution in [0.2, 0.25) is 0 Å². The first-order valence-corrected chi connectivity index (χ1v) is 13.7. The van der Waals surface area contributed by atoms with Gasteiger partial charge in [-0.2, -0.15) is 4.31 Å². The number of hydrogen-bond acceptors (Lipinski definition) is 7. The topological polar surface area (TPSA) is 107 Å². The van der Waals surface area contributed by atoms with Crippen molar-refractivity contribution in [2.45, 2.75) is 31.7 Å². The Bertz CT molecular complexity index is 1340. The number of non-ortho nitro benzene ring substituents is 1. The molecule has 0 N–H and O–H groups in total. The van der Waals surface area contributed by atoms with E-state index in [2.05, 4.69) is 18.4 Å². The molecule has 2 heterocycles. The van der Waals surface area contributed by atoms with Crippen molar-refractivity contribution in [2.75, 3.05) is 26.3 Å². The van der Waals surface area contributed by atoms with Gasteiger partial charge in [-0.15, -0.1) is 11.3 Å². The summed E-state index contributed by atoms with van der Waals surface area (Å²) in [6.07, 6.45) is 0.945. The van der Waals surface area contributed by atoms with E-state index in [1.165, 1.54) is 27.8 Å². The van der Waals surface area contributed by atoms with Gasteiger partial charge in [0.05, 0.1) is 34.4 Å². The van der Waals surface area contributed by atoms with E-state index in [-0.39, 0.29) is 10.6 Å².